The Morgan fingerprint density at radius 1 is 0.667 bits per heavy atom. The molecule has 0 amide bonds. The molecule has 0 spiro atoms. The van der Waals surface area contributed by atoms with Gasteiger partial charge in [0.05, 0.1) is 24.8 Å². The van der Waals surface area contributed by atoms with Crippen LogP contribution in [0.15, 0.2) is 84.9 Å². The zero-order valence-corrected chi connectivity index (χ0v) is 24.7. The Bertz CT molecular complexity index is 1560. The summed E-state index contributed by atoms with van der Waals surface area (Å²) < 4.78 is 10.1. The van der Waals surface area contributed by atoms with Gasteiger partial charge in [-0.15, -0.1) is 0 Å². The summed E-state index contributed by atoms with van der Waals surface area (Å²) in [5.74, 6) is 0.929. The maximum Gasteiger partial charge on any atom is 0.322 e. The van der Waals surface area contributed by atoms with Crippen LogP contribution in [0.4, 0.5) is 11.4 Å². The molecule has 0 saturated carbocycles. The highest BCUT2D eigenvalue weighted by Gasteiger charge is 2.26. The van der Waals surface area contributed by atoms with E-state index in [4.69, 9.17) is 15.2 Å². The van der Waals surface area contributed by atoms with E-state index >= 15 is 0 Å². The number of ketones is 2. The van der Waals surface area contributed by atoms with Gasteiger partial charge in [0.1, 0.15) is 11.3 Å². The molecular weight excluding hydrogens is 532 g/mol. The normalized spacial score (nSPS) is 10.6. The molecule has 218 valence electrons. The molecule has 0 radical (unpaired) electrons. The third kappa shape index (κ3) is 7.20. The van der Waals surface area contributed by atoms with Crippen molar-refractivity contribution in [1.82, 2.24) is 0 Å². The largest absolute Gasteiger partial charge is 0.495 e. The van der Waals surface area contributed by atoms with Crippen molar-refractivity contribution in [3.8, 4) is 11.5 Å². The van der Waals surface area contributed by atoms with E-state index in [2.05, 4.69) is 27.7 Å². The van der Waals surface area contributed by atoms with Gasteiger partial charge in [-0.2, -0.15) is 0 Å². The molecule has 0 bridgehead atoms. The summed E-state index contributed by atoms with van der Waals surface area (Å²) in [6.45, 7) is 8.36. The van der Waals surface area contributed by atoms with Crippen LogP contribution in [0.2, 0.25) is 0 Å². The summed E-state index contributed by atoms with van der Waals surface area (Å²) >= 11 is 0. The highest BCUT2D eigenvalue weighted by Crippen LogP contribution is 2.32. The number of rotatable bonds is 9. The van der Waals surface area contributed by atoms with Crippen LogP contribution in [0.1, 0.15) is 82.5 Å². The molecule has 0 fully saturated rings. The molecule has 2 N–H and O–H groups in total. The maximum absolute atomic E-state index is 12.6. The van der Waals surface area contributed by atoms with Crippen molar-refractivity contribution >= 4 is 22.9 Å². The highest BCUT2D eigenvalue weighted by molar-refractivity contribution is 6.13. The third-order valence-electron chi connectivity index (χ3n) is 6.86. The van der Waals surface area contributed by atoms with Crippen molar-refractivity contribution in [3.05, 3.63) is 128 Å². The summed E-state index contributed by atoms with van der Waals surface area (Å²) in [6.07, 6.45) is 0. The van der Waals surface area contributed by atoms with Gasteiger partial charge in [0, 0.05) is 16.7 Å². The number of benzene rings is 4. The third-order valence-corrected chi connectivity index (χ3v) is 6.86. The molecule has 0 aliphatic rings. The van der Waals surface area contributed by atoms with E-state index in [1.807, 2.05) is 36.4 Å². The SMILES string of the molecule is COc1cccc(C(=O)c2ccc(C(C)C)cc2)c1N.COc1cccc(C(=O)c2ccc(C(C)C)cc2)c1[N+](=O)[O-]. The van der Waals surface area contributed by atoms with Crippen LogP contribution in [-0.4, -0.2) is 30.7 Å². The van der Waals surface area contributed by atoms with Crippen LogP contribution in [-0.2, 0) is 0 Å². The molecule has 8 heteroatoms. The minimum absolute atomic E-state index is 0.0293. The Balaban J connectivity index is 0.000000231. The number of nitrogens with two attached hydrogens (primary N) is 1. The number of ether oxygens (including phenoxy) is 2. The second-order valence-electron chi connectivity index (χ2n) is 10.2. The Morgan fingerprint density at radius 2 is 1.07 bits per heavy atom. The first-order valence-electron chi connectivity index (χ1n) is 13.5. The van der Waals surface area contributed by atoms with Crippen molar-refractivity contribution in [3.63, 3.8) is 0 Å². The maximum atomic E-state index is 12.6. The number of methoxy groups -OCH3 is 2. The molecule has 42 heavy (non-hydrogen) atoms. The average Bonchev–Trinajstić information content (AvgIpc) is 3.00. The van der Waals surface area contributed by atoms with Crippen LogP contribution in [0.25, 0.3) is 0 Å². The zero-order chi connectivity index (χ0) is 31.0. The van der Waals surface area contributed by atoms with E-state index in [1.165, 1.54) is 31.9 Å². The van der Waals surface area contributed by atoms with Gasteiger partial charge >= 0.3 is 5.69 Å². The van der Waals surface area contributed by atoms with Crippen LogP contribution in [0, 0.1) is 10.1 Å². The summed E-state index contributed by atoms with van der Waals surface area (Å²) in [5, 5.41) is 11.3. The molecule has 0 saturated heterocycles. The number of nitro benzene ring substituents is 1. The first-order valence-corrected chi connectivity index (χ1v) is 13.5. The molecule has 0 aromatic heterocycles. The van der Waals surface area contributed by atoms with Gasteiger partial charge in [0.15, 0.2) is 17.3 Å². The van der Waals surface area contributed by atoms with Crippen molar-refractivity contribution in [2.45, 2.75) is 39.5 Å². The molecule has 0 heterocycles. The number of nitrogen functional groups attached to an aromatic ring is 1. The van der Waals surface area contributed by atoms with Gasteiger partial charge in [0.2, 0.25) is 0 Å². The quantitative estimate of drug-likeness (QED) is 0.0955. The predicted octanol–water partition coefficient (Wildman–Crippen LogP) is 7.59. The average molecular weight is 569 g/mol. The van der Waals surface area contributed by atoms with Crippen LogP contribution in [0.5, 0.6) is 11.5 Å². The number of anilines is 1. The van der Waals surface area contributed by atoms with E-state index in [-0.39, 0.29) is 28.6 Å². The fraction of sp³-hybridized carbons (Fsp3) is 0.235. The molecular formula is C34H36N2O6. The smallest absolute Gasteiger partial charge is 0.322 e. The fourth-order valence-electron chi connectivity index (χ4n) is 4.33. The lowest BCUT2D eigenvalue weighted by Crippen LogP contribution is -2.07. The number of nitro groups is 1. The first-order chi connectivity index (χ1) is 20.0. The molecule has 4 rings (SSSR count). The number of hydrogen-bond donors (Lipinski definition) is 1. The van der Waals surface area contributed by atoms with E-state index in [1.54, 1.807) is 36.4 Å². The van der Waals surface area contributed by atoms with Crippen LogP contribution in [0.3, 0.4) is 0 Å². The second-order valence-corrected chi connectivity index (χ2v) is 10.2. The lowest BCUT2D eigenvalue weighted by molar-refractivity contribution is -0.386. The molecule has 4 aromatic rings. The van der Waals surface area contributed by atoms with Gasteiger partial charge in [-0.3, -0.25) is 19.7 Å². The van der Waals surface area contributed by atoms with Crippen LogP contribution < -0.4 is 15.2 Å². The highest BCUT2D eigenvalue weighted by atomic mass is 16.6. The number of nitrogens with zero attached hydrogens (tertiary/aromatic N) is 1. The number of carbonyl (C=O) groups excluding carboxylic acids is 2. The Morgan fingerprint density at radius 3 is 1.48 bits per heavy atom. The zero-order valence-electron chi connectivity index (χ0n) is 24.7. The summed E-state index contributed by atoms with van der Waals surface area (Å²) in [7, 11) is 2.88. The monoisotopic (exact) mass is 568 g/mol. The molecule has 0 atom stereocenters. The minimum atomic E-state index is -0.589. The topological polar surface area (TPSA) is 122 Å². The molecule has 8 nitrogen and oxygen atoms in total. The van der Waals surface area contributed by atoms with E-state index in [0.717, 1.165) is 5.56 Å². The molecule has 0 unspecified atom stereocenters. The van der Waals surface area contributed by atoms with Crippen molar-refractivity contribution in [1.29, 1.82) is 0 Å². The van der Waals surface area contributed by atoms with E-state index in [9.17, 15) is 19.7 Å². The van der Waals surface area contributed by atoms with Gasteiger partial charge in [-0.1, -0.05) is 88.4 Å². The summed E-state index contributed by atoms with van der Waals surface area (Å²) in [4.78, 5) is 35.7. The Hall–Kier alpha value is -4.98. The van der Waals surface area contributed by atoms with Gasteiger partial charge in [0.25, 0.3) is 0 Å². The van der Waals surface area contributed by atoms with E-state index < -0.39 is 4.92 Å². The van der Waals surface area contributed by atoms with Crippen LogP contribution >= 0.6 is 0 Å². The Kier molecular flexibility index (Phi) is 10.6. The summed E-state index contributed by atoms with van der Waals surface area (Å²) in [5.41, 5.74) is 9.91. The molecule has 4 aromatic carbocycles. The van der Waals surface area contributed by atoms with E-state index in [0.29, 0.717) is 40.0 Å². The Labute approximate surface area is 246 Å². The lowest BCUT2D eigenvalue weighted by Gasteiger charge is -2.10. The number of carbonyl (C=O) groups is 2. The predicted molar refractivity (Wildman–Crippen MR) is 165 cm³/mol. The lowest BCUT2D eigenvalue weighted by atomic mass is 9.97. The second kappa shape index (κ2) is 14.1. The minimum Gasteiger partial charge on any atom is -0.495 e. The number of hydrogen-bond acceptors (Lipinski definition) is 7. The molecule has 0 aliphatic carbocycles. The van der Waals surface area contributed by atoms with Gasteiger partial charge < -0.3 is 15.2 Å². The van der Waals surface area contributed by atoms with Gasteiger partial charge in [-0.05, 0) is 47.2 Å². The first kappa shape index (κ1) is 31.5. The number of para-hydroxylation sites is 2. The van der Waals surface area contributed by atoms with Crippen molar-refractivity contribution < 1.29 is 24.0 Å². The van der Waals surface area contributed by atoms with Crippen molar-refractivity contribution in [2.75, 3.05) is 20.0 Å². The van der Waals surface area contributed by atoms with Crippen molar-refractivity contribution in [2.24, 2.45) is 0 Å². The fourth-order valence-corrected chi connectivity index (χ4v) is 4.33. The summed E-state index contributed by atoms with van der Waals surface area (Å²) in [6, 6.07) is 24.5. The standard InChI is InChI=1S/C17H17NO4.C17H19NO2/c1-11(2)12-7-9-13(10-8-12)17(19)14-5-4-6-15(22-3)16(14)18(20)21;1-11(2)12-7-9-13(10-8-12)17(19)14-5-4-6-15(20-3)16(14)18/h4-11H,1-3H3;4-11H,18H2,1-3H3. The van der Waals surface area contributed by atoms with Gasteiger partial charge in [-0.25, -0.2) is 0 Å². The molecule has 0 aliphatic heterocycles.